The van der Waals surface area contributed by atoms with Gasteiger partial charge in [-0.15, -0.1) is 0 Å². The molecule has 0 radical (unpaired) electrons. The van der Waals surface area contributed by atoms with Crippen LogP contribution in [0.3, 0.4) is 0 Å². The molecular formula is C14H22ClNO. The Morgan fingerprint density at radius 3 is 2.35 bits per heavy atom. The summed E-state index contributed by atoms with van der Waals surface area (Å²) in [7, 11) is 0. The zero-order valence-corrected chi connectivity index (χ0v) is 11.8. The van der Waals surface area contributed by atoms with Crippen molar-refractivity contribution in [2.24, 2.45) is 5.41 Å². The average molecular weight is 256 g/mol. The molecule has 0 aliphatic rings. The highest BCUT2D eigenvalue weighted by Crippen LogP contribution is 2.20. The summed E-state index contributed by atoms with van der Waals surface area (Å²) in [6.45, 7) is 10.3. The molecule has 0 amide bonds. The Morgan fingerprint density at radius 1 is 1.24 bits per heavy atom. The van der Waals surface area contributed by atoms with Gasteiger partial charge in [0, 0.05) is 23.0 Å². The Kier molecular flexibility index (Phi) is 5.29. The van der Waals surface area contributed by atoms with Crippen molar-refractivity contribution in [2.75, 3.05) is 13.2 Å². The van der Waals surface area contributed by atoms with E-state index in [2.05, 4.69) is 33.0 Å². The zero-order valence-electron chi connectivity index (χ0n) is 11.1. The molecule has 3 heteroatoms. The van der Waals surface area contributed by atoms with E-state index in [1.54, 1.807) is 0 Å². The molecule has 1 N–H and O–H groups in total. The predicted molar refractivity (Wildman–Crippen MR) is 73.9 cm³/mol. The van der Waals surface area contributed by atoms with Gasteiger partial charge in [-0.25, -0.2) is 0 Å². The summed E-state index contributed by atoms with van der Waals surface area (Å²) < 4.78 is 5.76. The molecule has 0 aliphatic heterocycles. The fraction of sp³-hybridized carbons (Fsp3) is 0.571. The van der Waals surface area contributed by atoms with Crippen molar-refractivity contribution in [3.63, 3.8) is 0 Å². The van der Waals surface area contributed by atoms with Gasteiger partial charge in [0.1, 0.15) is 5.75 Å². The van der Waals surface area contributed by atoms with Crippen molar-refractivity contribution in [1.82, 2.24) is 5.32 Å². The van der Waals surface area contributed by atoms with Crippen molar-refractivity contribution in [3.8, 4) is 5.75 Å². The van der Waals surface area contributed by atoms with Crippen LogP contribution in [0.2, 0.25) is 5.02 Å². The van der Waals surface area contributed by atoms with Gasteiger partial charge in [-0.2, -0.15) is 0 Å². The van der Waals surface area contributed by atoms with Gasteiger partial charge in [-0.1, -0.05) is 39.3 Å². The van der Waals surface area contributed by atoms with Crippen LogP contribution in [-0.4, -0.2) is 19.2 Å². The second-order valence-electron chi connectivity index (χ2n) is 5.44. The minimum Gasteiger partial charge on any atom is -0.493 e. The topological polar surface area (TPSA) is 21.3 Å². The number of halogens is 1. The summed E-state index contributed by atoms with van der Waals surface area (Å²) in [5.41, 5.74) is 0.115. The second kappa shape index (κ2) is 6.27. The van der Waals surface area contributed by atoms with E-state index in [0.717, 1.165) is 17.3 Å². The fourth-order valence-corrected chi connectivity index (χ4v) is 1.47. The molecule has 1 aromatic rings. The van der Waals surface area contributed by atoms with Crippen LogP contribution < -0.4 is 10.1 Å². The van der Waals surface area contributed by atoms with Crippen LogP contribution in [0.25, 0.3) is 0 Å². The van der Waals surface area contributed by atoms with Gasteiger partial charge in [0.25, 0.3) is 0 Å². The van der Waals surface area contributed by atoms with E-state index in [9.17, 15) is 0 Å². The monoisotopic (exact) mass is 255 g/mol. The van der Waals surface area contributed by atoms with E-state index in [-0.39, 0.29) is 5.41 Å². The van der Waals surface area contributed by atoms with Crippen LogP contribution in [0.5, 0.6) is 5.75 Å². The van der Waals surface area contributed by atoms with Crippen molar-refractivity contribution >= 4 is 11.6 Å². The van der Waals surface area contributed by atoms with Crippen LogP contribution in [0.15, 0.2) is 24.3 Å². The summed E-state index contributed by atoms with van der Waals surface area (Å²) in [5, 5.41) is 4.16. The van der Waals surface area contributed by atoms with E-state index in [1.807, 2.05) is 24.3 Å². The van der Waals surface area contributed by atoms with E-state index >= 15 is 0 Å². The number of hydrogen-bond acceptors (Lipinski definition) is 2. The third-order valence-corrected chi connectivity index (χ3v) is 2.68. The lowest BCUT2D eigenvalue weighted by atomic mass is 9.94. The number of benzene rings is 1. The fourth-order valence-electron chi connectivity index (χ4n) is 1.34. The SMILES string of the molecule is CC(C)NCC(C)(C)COc1ccc(Cl)cc1. The third-order valence-electron chi connectivity index (χ3n) is 2.43. The molecule has 2 nitrogen and oxygen atoms in total. The summed E-state index contributed by atoms with van der Waals surface area (Å²) in [6.07, 6.45) is 0. The normalized spacial score (nSPS) is 11.9. The molecule has 0 atom stereocenters. The number of hydrogen-bond donors (Lipinski definition) is 1. The molecule has 0 unspecified atom stereocenters. The Balaban J connectivity index is 2.40. The maximum absolute atomic E-state index is 5.82. The lowest BCUT2D eigenvalue weighted by Gasteiger charge is -2.26. The van der Waals surface area contributed by atoms with E-state index in [0.29, 0.717) is 12.6 Å². The molecule has 17 heavy (non-hydrogen) atoms. The number of nitrogens with one attached hydrogen (secondary N) is 1. The van der Waals surface area contributed by atoms with Gasteiger partial charge < -0.3 is 10.1 Å². The molecule has 0 saturated carbocycles. The Bertz CT molecular complexity index is 333. The van der Waals surface area contributed by atoms with Crippen molar-refractivity contribution < 1.29 is 4.74 Å². The molecule has 0 fully saturated rings. The van der Waals surface area contributed by atoms with Crippen LogP contribution in [-0.2, 0) is 0 Å². The minimum atomic E-state index is 0.115. The summed E-state index contributed by atoms with van der Waals surface area (Å²) >= 11 is 5.82. The summed E-state index contributed by atoms with van der Waals surface area (Å²) in [6, 6.07) is 7.99. The van der Waals surface area contributed by atoms with Crippen molar-refractivity contribution in [2.45, 2.75) is 33.7 Å². The number of ether oxygens (including phenoxy) is 1. The number of rotatable bonds is 6. The molecule has 0 aliphatic carbocycles. The van der Waals surface area contributed by atoms with Crippen molar-refractivity contribution in [1.29, 1.82) is 0 Å². The molecule has 1 rings (SSSR count). The highest BCUT2D eigenvalue weighted by molar-refractivity contribution is 6.30. The van der Waals surface area contributed by atoms with Gasteiger partial charge in [0.2, 0.25) is 0 Å². The van der Waals surface area contributed by atoms with Gasteiger partial charge >= 0.3 is 0 Å². The predicted octanol–water partition coefficient (Wildman–Crippen LogP) is 3.74. The molecular weight excluding hydrogens is 234 g/mol. The largest absolute Gasteiger partial charge is 0.493 e. The van der Waals surface area contributed by atoms with Crippen LogP contribution >= 0.6 is 11.6 Å². The Morgan fingerprint density at radius 2 is 1.82 bits per heavy atom. The van der Waals surface area contributed by atoms with Crippen LogP contribution in [0.4, 0.5) is 0 Å². The molecule has 0 heterocycles. The van der Waals surface area contributed by atoms with Crippen LogP contribution in [0.1, 0.15) is 27.7 Å². The quantitative estimate of drug-likeness (QED) is 0.836. The highest BCUT2D eigenvalue weighted by atomic mass is 35.5. The first kappa shape index (κ1) is 14.3. The molecule has 0 saturated heterocycles. The molecule has 96 valence electrons. The van der Waals surface area contributed by atoms with E-state index in [1.165, 1.54) is 0 Å². The van der Waals surface area contributed by atoms with Crippen molar-refractivity contribution in [3.05, 3.63) is 29.3 Å². The first-order valence-electron chi connectivity index (χ1n) is 6.01. The highest BCUT2D eigenvalue weighted by Gasteiger charge is 2.19. The lowest BCUT2D eigenvalue weighted by molar-refractivity contribution is 0.173. The Hall–Kier alpha value is -0.730. The Labute approximate surface area is 109 Å². The first-order chi connectivity index (χ1) is 7.89. The van der Waals surface area contributed by atoms with E-state index in [4.69, 9.17) is 16.3 Å². The van der Waals surface area contributed by atoms with Gasteiger partial charge in [-0.3, -0.25) is 0 Å². The maximum atomic E-state index is 5.82. The molecule has 0 spiro atoms. The van der Waals surface area contributed by atoms with E-state index < -0.39 is 0 Å². The molecule has 0 bridgehead atoms. The minimum absolute atomic E-state index is 0.115. The molecule has 1 aromatic carbocycles. The molecule has 0 aromatic heterocycles. The first-order valence-corrected chi connectivity index (χ1v) is 6.39. The third kappa shape index (κ3) is 5.94. The summed E-state index contributed by atoms with van der Waals surface area (Å²) in [5.74, 6) is 0.868. The van der Waals surface area contributed by atoms with Crippen LogP contribution in [0, 0.1) is 5.41 Å². The smallest absolute Gasteiger partial charge is 0.119 e. The maximum Gasteiger partial charge on any atom is 0.119 e. The zero-order chi connectivity index (χ0) is 12.9. The second-order valence-corrected chi connectivity index (χ2v) is 5.88. The lowest BCUT2D eigenvalue weighted by Crippen LogP contribution is -2.37. The van der Waals surface area contributed by atoms with Gasteiger partial charge in [0.15, 0.2) is 0 Å². The summed E-state index contributed by atoms with van der Waals surface area (Å²) in [4.78, 5) is 0. The average Bonchev–Trinajstić information content (AvgIpc) is 2.26. The standard InChI is InChI=1S/C14H22ClNO/c1-11(2)16-9-14(3,4)10-17-13-7-5-12(15)6-8-13/h5-8,11,16H,9-10H2,1-4H3. The van der Waals surface area contributed by atoms with Gasteiger partial charge in [0.05, 0.1) is 6.61 Å². The van der Waals surface area contributed by atoms with Gasteiger partial charge in [-0.05, 0) is 24.3 Å².